The summed E-state index contributed by atoms with van der Waals surface area (Å²) >= 11 is 0. The highest BCUT2D eigenvalue weighted by atomic mass is 16.2. The summed E-state index contributed by atoms with van der Waals surface area (Å²) in [5.74, 6) is 3.32. The van der Waals surface area contributed by atoms with Gasteiger partial charge < -0.3 is 5.32 Å². The molecule has 1 aromatic rings. The second kappa shape index (κ2) is 4.28. The zero-order valence-corrected chi connectivity index (χ0v) is 8.51. The number of hydrazine groups is 1. The van der Waals surface area contributed by atoms with Crippen LogP contribution in [0.15, 0.2) is 24.5 Å². The number of hydrogen-bond acceptors (Lipinski definition) is 4. The van der Waals surface area contributed by atoms with Crippen LogP contribution in [0.3, 0.4) is 0 Å². The molecule has 1 fully saturated rings. The van der Waals surface area contributed by atoms with Crippen molar-refractivity contribution in [1.82, 2.24) is 15.7 Å². The average Bonchev–Trinajstić information content (AvgIpc) is 2.71. The van der Waals surface area contributed by atoms with Crippen molar-refractivity contribution in [2.24, 2.45) is 11.8 Å². The Bertz CT molecular complexity index is 407. The van der Waals surface area contributed by atoms with E-state index in [4.69, 9.17) is 5.84 Å². The van der Waals surface area contributed by atoms with E-state index in [2.05, 4.69) is 10.3 Å². The number of aromatic nitrogens is 1. The van der Waals surface area contributed by atoms with Gasteiger partial charge in [0.15, 0.2) is 0 Å². The molecule has 2 rings (SSSR count). The van der Waals surface area contributed by atoms with E-state index >= 15 is 0 Å². The van der Waals surface area contributed by atoms with Crippen LogP contribution in [0.4, 0.5) is 0 Å². The maximum Gasteiger partial charge on any atom is 0.247 e. The van der Waals surface area contributed by atoms with E-state index in [0.29, 0.717) is 6.54 Å². The number of carbonyl (C=O) groups excluding carboxylic acids is 2. The van der Waals surface area contributed by atoms with Crippen LogP contribution in [-0.2, 0) is 9.59 Å². The number of carbonyl (C=O) groups is 2. The predicted molar refractivity (Wildman–Crippen MR) is 55.8 cm³/mol. The Hall–Kier alpha value is -1.95. The van der Waals surface area contributed by atoms with Gasteiger partial charge in [-0.15, -0.1) is 0 Å². The fourth-order valence-electron chi connectivity index (χ4n) is 1.92. The van der Waals surface area contributed by atoms with Gasteiger partial charge >= 0.3 is 0 Å². The van der Waals surface area contributed by atoms with Crippen LogP contribution >= 0.6 is 0 Å². The first kappa shape index (κ1) is 10.6. The largest absolute Gasteiger partial charge is 0.355 e. The number of rotatable bonds is 2. The first-order chi connectivity index (χ1) is 7.74. The van der Waals surface area contributed by atoms with Crippen LogP contribution in [0.1, 0.15) is 11.5 Å². The van der Waals surface area contributed by atoms with Gasteiger partial charge in [-0.2, -0.15) is 0 Å². The lowest BCUT2D eigenvalue weighted by atomic mass is 9.89. The Kier molecular flexibility index (Phi) is 2.82. The van der Waals surface area contributed by atoms with Gasteiger partial charge in [0.1, 0.15) is 5.92 Å². The Morgan fingerprint density at radius 1 is 1.62 bits per heavy atom. The van der Waals surface area contributed by atoms with Crippen molar-refractivity contribution in [3.05, 3.63) is 30.1 Å². The lowest BCUT2D eigenvalue weighted by molar-refractivity contribution is -0.133. The van der Waals surface area contributed by atoms with Gasteiger partial charge in [0, 0.05) is 24.9 Å². The molecule has 4 N–H and O–H groups in total. The highest BCUT2D eigenvalue weighted by molar-refractivity contribution is 6.02. The molecule has 0 radical (unpaired) electrons. The molecule has 1 aliphatic heterocycles. The summed E-state index contributed by atoms with van der Waals surface area (Å²) < 4.78 is 0. The maximum absolute atomic E-state index is 11.5. The third-order valence-electron chi connectivity index (χ3n) is 2.72. The van der Waals surface area contributed by atoms with Gasteiger partial charge in [-0.1, -0.05) is 6.07 Å². The molecular formula is C10H12N4O2. The highest BCUT2D eigenvalue weighted by Gasteiger charge is 2.40. The van der Waals surface area contributed by atoms with Crippen LogP contribution in [0.5, 0.6) is 0 Å². The third-order valence-corrected chi connectivity index (χ3v) is 2.72. The van der Waals surface area contributed by atoms with Gasteiger partial charge in [-0.3, -0.25) is 20.0 Å². The van der Waals surface area contributed by atoms with Crippen molar-refractivity contribution in [3.8, 4) is 0 Å². The van der Waals surface area contributed by atoms with Crippen LogP contribution in [0.2, 0.25) is 0 Å². The zero-order valence-electron chi connectivity index (χ0n) is 8.51. The van der Waals surface area contributed by atoms with E-state index in [9.17, 15) is 9.59 Å². The molecule has 2 heterocycles. The average molecular weight is 220 g/mol. The van der Waals surface area contributed by atoms with E-state index in [1.165, 1.54) is 0 Å². The lowest BCUT2D eigenvalue weighted by Gasteiger charge is -2.14. The molecule has 6 nitrogen and oxygen atoms in total. The Morgan fingerprint density at radius 2 is 2.44 bits per heavy atom. The lowest BCUT2D eigenvalue weighted by Crippen LogP contribution is -2.40. The standard InChI is InChI=1S/C10H12N4O2/c11-14-10(16)8-7(5-13-9(8)15)6-2-1-3-12-4-6/h1-4,7-8H,5,11H2,(H,13,15)(H,14,16). The predicted octanol–water partition coefficient (Wildman–Crippen LogP) is -1.10. The summed E-state index contributed by atoms with van der Waals surface area (Å²) in [5, 5.41) is 2.65. The number of hydrogen-bond donors (Lipinski definition) is 3. The molecule has 84 valence electrons. The molecular weight excluding hydrogens is 208 g/mol. The third kappa shape index (κ3) is 1.74. The topological polar surface area (TPSA) is 97.1 Å². The van der Waals surface area contributed by atoms with Crippen molar-refractivity contribution in [1.29, 1.82) is 0 Å². The SMILES string of the molecule is NNC(=O)C1C(=O)NCC1c1cccnc1. The molecule has 0 bridgehead atoms. The summed E-state index contributed by atoms with van der Waals surface area (Å²) in [6, 6.07) is 3.62. The second-order valence-corrected chi connectivity index (χ2v) is 3.62. The molecule has 1 aliphatic rings. The van der Waals surface area contributed by atoms with E-state index in [-0.39, 0.29) is 11.8 Å². The quantitative estimate of drug-likeness (QED) is 0.255. The summed E-state index contributed by atoms with van der Waals surface area (Å²) in [5.41, 5.74) is 2.87. The molecule has 0 spiro atoms. The van der Waals surface area contributed by atoms with Gasteiger partial charge in [0.05, 0.1) is 0 Å². The Labute approximate surface area is 92.2 Å². The number of pyridine rings is 1. The van der Waals surface area contributed by atoms with E-state index in [1.54, 1.807) is 18.5 Å². The zero-order chi connectivity index (χ0) is 11.5. The number of nitrogens with two attached hydrogens (primary N) is 1. The molecule has 1 aromatic heterocycles. The van der Waals surface area contributed by atoms with Gasteiger partial charge in [-0.25, -0.2) is 5.84 Å². The fraction of sp³-hybridized carbons (Fsp3) is 0.300. The molecule has 2 atom stereocenters. The number of nitrogens with one attached hydrogen (secondary N) is 2. The van der Waals surface area contributed by atoms with Gasteiger partial charge in [0.25, 0.3) is 0 Å². The summed E-state index contributed by atoms with van der Waals surface area (Å²) in [7, 11) is 0. The van der Waals surface area contributed by atoms with Crippen LogP contribution in [-0.4, -0.2) is 23.3 Å². The molecule has 6 heteroatoms. The molecule has 0 aromatic carbocycles. The smallest absolute Gasteiger partial charge is 0.247 e. The number of amides is 2. The molecule has 0 aliphatic carbocycles. The van der Waals surface area contributed by atoms with E-state index < -0.39 is 11.8 Å². The van der Waals surface area contributed by atoms with Crippen LogP contribution < -0.4 is 16.6 Å². The van der Waals surface area contributed by atoms with Crippen molar-refractivity contribution >= 4 is 11.8 Å². The summed E-state index contributed by atoms with van der Waals surface area (Å²) in [4.78, 5) is 27.0. The molecule has 2 unspecified atom stereocenters. The van der Waals surface area contributed by atoms with Crippen LogP contribution in [0, 0.1) is 5.92 Å². The minimum atomic E-state index is -0.769. The van der Waals surface area contributed by atoms with Crippen LogP contribution in [0.25, 0.3) is 0 Å². The second-order valence-electron chi connectivity index (χ2n) is 3.62. The van der Waals surface area contributed by atoms with E-state index in [0.717, 1.165) is 5.56 Å². The first-order valence-electron chi connectivity index (χ1n) is 4.92. The van der Waals surface area contributed by atoms with Gasteiger partial charge in [-0.05, 0) is 11.6 Å². The normalized spacial score (nSPS) is 23.9. The monoisotopic (exact) mass is 220 g/mol. The minimum absolute atomic E-state index is 0.204. The minimum Gasteiger partial charge on any atom is -0.355 e. The highest BCUT2D eigenvalue weighted by Crippen LogP contribution is 2.28. The molecule has 1 saturated heterocycles. The Morgan fingerprint density at radius 3 is 3.06 bits per heavy atom. The van der Waals surface area contributed by atoms with Crippen molar-refractivity contribution < 1.29 is 9.59 Å². The summed E-state index contributed by atoms with van der Waals surface area (Å²) in [6.07, 6.45) is 3.30. The molecule has 16 heavy (non-hydrogen) atoms. The fourth-order valence-corrected chi connectivity index (χ4v) is 1.92. The van der Waals surface area contributed by atoms with Crippen molar-refractivity contribution in [2.45, 2.75) is 5.92 Å². The Balaban J connectivity index is 2.28. The maximum atomic E-state index is 11.5. The van der Waals surface area contributed by atoms with Crippen molar-refractivity contribution in [2.75, 3.05) is 6.54 Å². The van der Waals surface area contributed by atoms with Crippen molar-refractivity contribution in [3.63, 3.8) is 0 Å². The summed E-state index contributed by atoms with van der Waals surface area (Å²) in [6.45, 7) is 0.433. The molecule has 0 saturated carbocycles. The van der Waals surface area contributed by atoms with E-state index in [1.807, 2.05) is 11.5 Å². The first-order valence-corrected chi connectivity index (χ1v) is 4.92. The number of nitrogens with zero attached hydrogens (tertiary/aromatic N) is 1. The van der Waals surface area contributed by atoms with Gasteiger partial charge in [0.2, 0.25) is 11.8 Å². The molecule has 2 amide bonds.